The van der Waals surface area contributed by atoms with E-state index in [1.807, 2.05) is 66.7 Å². The lowest BCUT2D eigenvalue weighted by Gasteiger charge is -2.26. The molecule has 4 rings (SSSR count). The molecular formula is C24H23NO3. The van der Waals surface area contributed by atoms with Gasteiger partial charge in [-0.2, -0.15) is 0 Å². The lowest BCUT2D eigenvalue weighted by Crippen LogP contribution is -2.20. The Morgan fingerprint density at radius 2 is 1.50 bits per heavy atom. The van der Waals surface area contributed by atoms with Crippen molar-refractivity contribution in [2.24, 2.45) is 5.92 Å². The highest BCUT2D eigenvalue weighted by Crippen LogP contribution is 2.36. The summed E-state index contributed by atoms with van der Waals surface area (Å²) >= 11 is 0. The van der Waals surface area contributed by atoms with Gasteiger partial charge in [0.2, 0.25) is 0 Å². The maximum atomic E-state index is 12.6. The Morgan fingerprint density at radius 1 is 0.821 bits per heavy atom. The first-order valence-corrected chi connectivity index (χ1v) is 9.73. The number of nitrogens with one attached hydrogen (secondary N) is 1. The monoisotopic (exact) mass is 373 g/mol. The van der Waals surface area contributed by atoms with Gasteiger partial charge in [-0.1, -0.05) is 42.5 Å². The SMILES string of the molecule is O=C(Nc1ccc([C@H]2CC[C@H](C(=O)O)CC2)cc1)c1ccc2ccccc2c1. The van der Waals surface area contributed by atoms with Gasteiger partial charge >= 0.3 is 5.97 Å². The maximum Gasteiger partial charge on any atom is 0.306 e. The second-order valence-corrected chi connectivity index (χ2v) is 7.52. The van der Waals surface area contributed by atoms with E-state index in [4.69, 9.17) is 5.11 Å². The number of anilines is 1. The summed E-state index contributed by atoms with van der Waals surface area (Å²) in [7, 11) is 0. The Labute approximate surface area is 164 Å². The lowest BCUT2D eigenvalue weighted by atomic mass is 9.79. The molecule has 2 N–H and O–H groups in total. The lowest BCUT2D eigenvalue weighted by molar-refractivity contribution is -0.142. The number of amides is 1. The van der Waals surface area contributed by atoms with E-state index in [1.54, 1.807) is 0 Å². The summed E-state index contributed by atoms with van der Waals surface area (Å²) in [5.41, 5.74) is 2.61. The molecule has 0 aromatic heterocycles. The van der Waals surface area contributed by atoms with Crippen molar-refractivity contribution < 1.29 is 14.7 Å². The van der Waals surface area contributed by atoms with Crippen LogP contribution in [0.5, 0.6) is 0 Å². The number of carboxylic acid groups (broad SMARTS) is 1. The molecule has 0 bridgehead atoms. The van der Waals surface area contributed by atoms with Gasteiger partial charge in [0.1, 0.15) is 0 Å². The summed E-state index contributed by atoms with van der Waals surface area (Å²) in [4.78, 5) is 23.7. The summed E-state index contributed by atoms with van der Waals surface area (Å²) in [6, 6.07) is 21.6. The molecule has 1 aliphatic rings. The van der Waals surface area contributed by atoms with Crippen LogP contribution in [0.3, 0.4) is 0 Å². The van der Waals surface area contributed by atoms with Crippen molar-refractivity contribution in [1.29, 1.82) is 0 Å². The molecule has 3 aromatic carbocycles. The van der Waals surface area contributed by atoms with E-state index in [0.29, 0.717) is 11.5 Å². The molecule has 0 radical (unpaired) electrons. The number of aliphatic carboxylic acids is 1. The predicted octanol–water partition coefficient (Wildman–Crippen LogP) is 5.45. The average Bonchev–Trinajstić information content (AvgIpc) is 2.74. The molecule has 0 unspecified atom stereocenters. The van der Waals surface area contributed by atoms with Crippen molar-refractivity contribution in [3.8, 4) is 0 Å². The largest absolute Gasteiger partial charge is 0.481 e. The van der Waals surface area contributed by atoms with Gasteiger partial charge in [0, 0.05) is 11.3 Å². The van der Waals surface area contributed by atoms with Gasteiger partial charge in [-0.15, -0.1) is 0 Å². The third kappa shape index (κ3) is 3.91. The Hall–Kier alpha value is -3.14. The van der Waals surface area contributed by atoms with Crippen LogP contribution >= 0.6 is 0 Å². The molecule has 1 aliphatic carbocycles. The molecule has 3 aromatic rings. The van der Waals surface area contributed by atoms with Gasteiger partial charge in [0.25, 0.3) is 5.91 Å². The van der Waals surface area contributed by atoms with Crippen LogP contribution in [0.1, 0.15) is 47.5 Å². The molecule has 28 heavy (non-hydrogen) atoms. The van der Waals surface area contributed by atoms with Crippen LogP contribution in [0.4, 0.5) is 5.69 Å². The number of carboxylic acids is 1. The molecule has 1 saturated carbocycles. The number of hydrogen-bond acceptors (Lipinski definition) is 2. The van der Waals surface area contributed by atoms with Crippen LogP contribution in [0.15, 0.2) is 66.7 Å². The first kappa shape index (κ1) is 18.2. The number of fused-ring (bicyclic) bond motifs is 1. The minimum absolute atomic E-state index is 0.125. The van der Waals surface area contributed by atoms with E-state index in [1.165, 1.54) is 5.56 Å². The van der Waals surface area contributed by atoms with Crippen molar-refractivity contribution in [2.75, 3.05) is 5.32 Å². The topological polar surface area (TPSA) is 66.4 Å². The molecular weight excluding hydrogens is 350 g/mol. The summed E-state index contributed by atoms with van der Waals surface area (Å²) in [6.07, 6.45) is 3.28. The average molecular weight is 373 g/mol. The standard InChI is InChI=1S/C24H23NO3/c26-23(21-10-7-16-3-1-2-4-20(16)15-21)25-22-13-11-18(12-14-22)17-5-8-19(9-6-17)24(27)28/h1-4,7,10-15,17,19H,5-6,8-9H2,(H,25,26)(H,27,28)/t17-,19-. The van der Waals surface area contributed by atoms with Crippen molar-refractivity contribution >= 4 is 28.3 Å². The molecule has 4 heteroatoms. The van der Waals surface area contributed by atoms with E-state index in [0.717, 1.165) is 42.1 Å². The second-order valence-electron chi connectivity index (χ2n) is 7.52. The van der Waals surface area contributed by atoms with Crippen LogP contribution < -0.4 is 5.32 Å². The molecule has 1 fully saturated rings. The molecule has 0 spiro atoms. The number of carbonyl (C=O) groups is 2. The van der Waals surface area contributed by atoms with Gasteiger partial charge in [0.05, 0.1) is 5.92 Å². The highest BCUT2D eigenvalue weighted by Gasteiger charge is 2.26. The molecule has 4 nitrogen and oxygen atoms in total. The van der Waals surface area contributed by atoms with Crippen molar-refractivity contribution in [2.45, 2.75) is 31.6 Å². The third-order valence-electron chi connectivity index (χ3n) is 5.73. The highest BCUT2D eigenvalue weighted by atomic mass is 16.4. The Bertz CT molecular complexity index is 1000. The van der Waals surface area contributed by atoms with Crippen LogP contribution in [-0.2, 0) is 4.79 Å². The maximum absolute atomic E-state index is 12.6. The number of hydrogen-bond donors (Lipinski definition) is 2. The summed E-state index contributed by atoms with van der Waals surface area (Å²) in [5, 5.41) is 14.2. The zero-order chi connectivity index (χ0) is 19.5. The fourth-order valence-corrected chi connectivity index (χ4v) is 4.05. The minimum Gasteiger partial charge on any atom is -0.481 e. The van der Waals surface area contributed by atoms with E-state index in [2.05, 4.69) is 5.32 Å². The molecule has 0 aliphatic heterocycles. The van der Waals surface area contributed by atoms with Crippen molar-refractivity contribution in [3.63, 3.8) is 0 Å². The van der Waals surface area contributed by atoms with Crippen molar-refractivity contribution in [3.05, 3.63) is 77.9 Å². The first-order valence-electron chi connectivity index (χ1n) is 9.73. The van der Waals surface area contributed by atoms with E-state index in [-0.39, 0.29) is 11.8 Å². The number of rotatable bonds is 4. The normalized spacial score (nSPS) is 19.3. The van der Waals surface area contributed by atoms with E-state index < -0.39 is 5.97 Å². The van der Waals surface area contributed by atoms with Crippen LogP contribution in [-0.4, -0.2) is 17.0 Å². The molecule has 1 amide bonds. The summed E-state index contributed by atoms with van der Waals surface area (Å²) in [6.45, 7) is 0. The second kappa shape index (κ2) is 7.85. The van der Waals surface area contributed by atoms with Gasteiger partial charge < -0.3 is 10.4 Å². The Morgan fingerprint density at radius 3 is 2.18 bits per heavy atom. The van der Waals surface area contributed by atoms with Crippen molar-refractivity contribution in [1.82, 2.24) is 0 Å². The number of benzene rings is 3. The molecule has 0 heterocycles. The Balaban J connectivity index is 1.41. The van der Waals surface area contributed by atoms with Gasteiger partial charge in [0.15, 0.2) is 0 Å². The fourth-order valence-electron chi connectivity index (χ4n) is 4.05. The van der Waals surface area contributed by atoms with Gasteiger partial charge in [-0.25, -0.2) is 0 Å². The third-order valence-corrected chi connectivity index (χ3v) is 5.73. The zero-order valence-corrected chi connectivity index (χ0v) is 15.6. The zero-order valence-electron chi connectivity index (χ0n) is 15.6. The van der Waals surface area contributed by atoms with Gasteiger partial charge in [-0.05, 0) is 72.2 Å². The minimum atomic E-state index is -0.676. The number of carbonyl (C=O) groups excluding carboxylic acids is 1. The summed E-state index contributed by atoms with van der Waals surface area (Å²) < 4.78 is 0. The van der Waals surface area contributed by atoms with Gasteiger partial charge in [-0.3, -0.25) is 9.59 Å². The van der Waals surface area contributed by atoms with Crippen LogP contribution in [0, 0.1) is 5.92 Å². The van der Waals surface area contributed by atoms with Crippen LogP contribution in [0.2, 0.25) is 0 Å². The molecule has 142 valence electrons. The smallest absolute Gasteiger partial charge is 0.306 e. The van der Waals surface area contributed by atoms with E-state index >= 15 is 0 Å². The molecule has 0 atom stereocenters. The molecule has 0 saturated heterocycles. The first-order chi connectivity index (χ1) is 13.6. The quantitative estimate of drug-likeness (QED) is 0.639. The summed E-state index contributed by atoms with van der Waals surface area (Å²) in [5.74, 6) is -0.594. The van der Waals surface area contributed by atoms with Crippen LogP contribution in [0.25, 0.3) is 10.8 Å². The highest BCUT2D eigenvalue weighted by molar-refractivity contribution is 6.06. The predicted molar refractivity (Wildman–Crippen MR) is 111 cm³/mol. The van der Waals surface area contributed by atoms with E-state index in [9.17, 15) is 9.59 Å². The Kier molecular flexibility index (Phi) is 5.11. The fraction of sp³-hybridized carbons (Fsp3) is 0.250.